The van der Waals surface area contributed by atoms with E-state index in [1.54, 1.807) is 6.92 Å². The van der Waals surface area contributed by atoms with E-state index >= 15 is 0 Å². The van der Waals surface area contributed by atoms with Gasteiger partial charge in [0.1, 0.15) is 5.52 Å². The monoisotopic (exact) mass is 294 g/mol. The molecule has 0 saturated carbocycles. The van der Waals surface area contributed by atoms with Crippen LogP contribution in [0, 0.1) is 6.92 Å². The number of nitrogens with zero attached hydrogens (tertiary/aromatic N) is 1. The second kappa shape index (κ2) is 6.02. The van der Waals surface area contributed by atoms with Crippen molar-refractivity contribution in [2.24, 2.45) is 0 Å². The molecule has 0 spiro atoms. The van der Waals surface area contributed by atoms with Crippen molar-refractivity contribution in [1.82, 2.24) is 4.98 Å². The average molecular weight is 294 g/mol. The van der Waals surface area contributed by atoms with Gasteiger partial charge in [-0.05, 0) is 23.6 Å². The zero-order valence-electron chi connectivity index (χ0n) is 12.7. The van der Waals surface area contributed by atoms with Crippen LogP contribution in [0.4, 0.5) is 5.69 Å². The van der Waals surface area contributed by atoms with Gasteiger partial charge < -0.3 is 9.73 Å². The molecule has 22 heavy (non-hydrogen) atoms. The van der Waals surface area contributed by atoms with Crippen LogP contribution in [0.25, 0.3) is 11.1 Å². The number of para-hydroxylation sites is 1. The fourth-order valence-electron chi connectivity index (χ4n) is 2.54. The fourth-order valence-corrected chi connectivity index (χ4v) is 2.54. The summed E-state index contributed by atoms with van der Waals surface area (Å²) in [6, 6.07) is 15.6. The van der Waals surface area contributed by atoms with Crippen molar-refractivity contribution >= 4 is 22.7 Å². The molecular weight excluding hydrogens is 276 g/mol. The summed E-state index contributed by atoms with van der Waals surface area (Å²) in [5, 5.41) is 2.93. The molecule has 0 saturated heterocycles. The molecule has 1 N–H and O–H groups in total. The molecule has 1 amide bonds. The molecule has 0 aliphatic carbocycles. The predicted molar refractivity (Wildman–Crippen MR) is 86.8 cm³/mol. The summed E-state index contributed by atoms with van der Waals surface area (Å²) in [5.74, 6) is 0.726. The van der Waals surface area contributed by atoms with Gasteiger partial charge in [-0.3, -0.25) is 4.79 Å². The van der Waals surface area contributed by atoms with Gasteiger partial charge in [0.2, 0.25) is 5.91 Å². The molecule has 4 nitrogen and oxygen atoms in total. The molecule has 1 aromatic heterocycles. The Labute approximate surface area is 129 Å². The van der Waals surface area contributed by atoms with Gasteiger partial charge in [0.15, 0.2) is 11.5 Å². The zero-order chi connectivity index (χ0) is 15.5. The van der Waals surface area contributed by atoms with Crippen LogP contribution in [-0.4, -0.2) is 10.9 Å². The predicted octanol–water partition coefficient (Wildman–Crippen LogP) is 4.27. The van der Waals surface area contributed by atoms with Gasteiger partial charge in [-0.25, -0.2) is 4.98 Å². The number of rotatable bonds is 4. The standard InChI is InChI=1S/C18H18N2O2/c1-12(14-7-4-3-5-8-14)11-17(21)20-16-10-6-9-15-18(16)22-13(2)19-15/h3-10,12H,11H2,1-2H3,(H,20,21). The number of oxazole rings is 1. The third-order valence-corrected chi connectivity index (χ3v) is 3.66. The lowest BCUT2D eigenvalue weighted by Crippen LogP contribution is -2.14. The number of amides is 1. The highest BCUT2D eigenvalue weighted by Crippen LogP contribution is 2.25. The van der Waals surface area contributed by atoms with E-state index in [4.69, 9.17) is 4.42 Å². The van der Waals surface area contributed by atoms with Crippen LogP contribution in [0.3, 0.4) is 0 Å². The first-order valence-electron chi connectivity index (χ1n) is 7.34. The van der Waals surface area contributed by atoms with Gasteiger partial charge >= 0.3 is 0 Å². The summed E-state index contributed by atoms with van der Waals surface area (Å²) < 4.78 is 5.56. The highest BCUT2D eigenvalue weighted by atomic mass is 16.3. The molecule has 0 radical (unpaired) electrons. The van der Waals surface area contributed by atoms with Gasteiger partial charge in [0.25, 0.3) is 0 Å². The summed E-state index contributed by atoms with van der Waals surface area (Å²) in [5.41, 5.74) is 3.21. The van der Waals surface area contributed by atoms with Gasteiger partial charge in [-0.15, -0.1) is 0 Å². The van der Waals surface area contributed by atoms with E-state index in [1.807, 2.05) is 55.5 Å². The molecule has 0 aliphatic heterocycles. The van der Waals surface area contributed by atoms with Crippen LogP contribution in [0.5, 0.6) is 0 Å². The van der Waals surface area contributed by atoms with Crippen LogP contribution in [0.15, 0.2) is 52.9 Å². The first kappa shape index (κ1) is 14.3. The number of benzene rings is 2. The molecule has 1 heterocycles. The summed E-state index contributed by atoms with van der Waals surface area (Å²) in [6.45, 7) is 3.84. The van der Waals surface area contributed by atoms with E-state index < -0.39 is 0 Å². The number of carbonyl (C=O) groups is 1. The smallest absolute Gasteiger partial charge is 0.225 e. The topological polar surface area (TPSA) is 55.1 Å². The molecule has 3 aromatic rings. The van der Waals surface area contributed by atoms with Crippen molar-refractivity contribution < 1.29 is 9.21 Å². The number of anilines is 1. The lowest BCUT2D eigenvalue weighted by atomic mass is 9.97. The number of aromatic nitrogens is 1. The molecule has 0 aliphatic rings. The van der Waals surface area contributed by atoms with E-state index in [2.05, 4.69) is 10.3 Å². The van der Waals surface area contributed by atoms with Crippen LogP contribution in [0.1, 0.15) is 30.7 Å². The lowest BCUT2D eigenvalue weighted by molar-refractivity contribution is -0.116. The number of carbonyl (C=O) groups excluding carboxylic acids is 1. The number of nitrogens with one attached hydrogen (secondary N) is 1. The Bertz CT molecular complexity index is 793. The molecule has 0 fully saturated rings. The second-order valence-electron chi connectivity index (χ2n) is 5.45. The molecule has 112 valence electrons. The van der Waals surface area contributed by atoms with Crippen LogP contribution in [-0.2, 0) is 4.79 Å². The molecule has 3 rings (SSSR count). The minimum Gasteiger partial charge on any atom is -0.439 e. The SMILES string of the molecule is Cc1nc2cccc(NC(=O)CC(C)c3ccccc3)c2o1. The Kier molecular flexibility index (Phi) is 3.92. The van der Waals surface area contributed by atoms with Gasteiger partial charge in [-0.1, -0.05) is 43.3 Å². The lowest BCUT2D eigenvalue weighted by Gasteiger charge is -2.12. The third-order valence-electron chi connectivity index (χ3n) is 3.66. The van der Waals surface area contributed by atoms with Crippen molar-refractivity contribution in [3.8, 4) is 0 Å². The minimum absolute atomic E-state index is 0.0297. The Hall–Kier alpha value is -2.62. The van der Waals surface area contributed by atoms with Crippen molar-refractivity contribution in [1.29, 1.82) is 0 Å². The summed E-state index contributed by atoms with van der Waals surface area (Å²) in [7, 11) is 0. The van der Waals surface area contributed by atoms with Crippen LogP contribution in [0.2, 0.25) is 0 Å². The largest absolute Gasteiger partial charge is 0.439 e. The fraction of sp³-hybridized carbons (Fsp3) is 0.222. The Morgan fingerprint density at radius 2 is 1.95 bits per heavy atom. The quantitative estimate of drug-likeness (QED) is 0.781. The normalized spacial score (nSPS) is 12.3. The van der Waals surface area contributed by atoms with Gasteiger partial charge in [0, 0.05) is 13.3 Å². The Morgan fingerprint density at radius 1 is 1.18 bits per heavy atom. The van der Waals surface area contributed by atoms with Crippen LogP contribution < -0.4 is 5.32 Å². The summed E-state index contributed by atoms with van der Waals surface area (Å²) in [4.78, 5) is 16.5. The second-order valence-corrected chi connectivity index (χ2v) is 5.45. The van der Waals surface area contributed by atoms with Crippen molar-refractivity contribution in [3.05, 3.63) is 60.0 Å². The van der Waals surface area contributed by atoms with Crippen LogP contribution >= 0.6 is 0 Å². The minimum atomic E-state index is -0.0297. The third kappa shape index (κ3) is 3.01. The first-order chi connectivity index (χ1) is 10.6. The van der Waals surface area contributed by atoms with E-state index in [9.17, 15) is 4.79 Å². The molecule has 1 unspecified atom stereocenters. The summed E-state index contributed by atoms with van der Waals surface area (Å²) in [6.07, 6.45) is 0.424. The molecule has 1 atom stereocenters. The zero-order valence-corrected chi connectivity index (χ0v) is 12.7. The maximum Gasteiger partial charge on any atom is 0.225 e. The maximum absolute atomic E-state index is 12.3. The number of fused-ring (bicyclic) bond motifs is 1. The summed E-state index contributed by atoms with van der Waals surface area (Å²) >= 11 is 0. The van der Waals surface area contributed by atoms with E-state index in [0.717, 1.165) is 11.1 Å². The van der Waals surface area contributed by atoms with Crippen molar-refractivity contribution in [2.45, 2.75) is 26.2 Å². The average Bonchev–Trinajstić information content (AvgIpc) is 2.89. The molecular formula is C18H18N2O2. The van der Waals surface area contributed by atoms with E-state index in [1.165, 1.54) is 0 Å². The molecule has 4 heteroatoms. The highest BCUT2D eigenvalue weighted by Gasteiger charge is 2.14. The molecule has 0 bridgehead atoms. The Morgan fingerprint density at radius 3 is 2.73 bits per heavy atom. The Balaban J connectivity index is 1.73. The maximum atomic E-state index is 12.3. The van der Waals surface area contributed by atoms with Gasteiger partial charge in [0.05, 0.1) is 5.69 Å². The van der Waals surface area contributed by atoms with Crippen molar-refractivity contribution in [2.75, 3.05) is 5.32 Å². The van der Waals surface area contributed by atoms with E-state index in [-0.39, 0.29) is 11.8 Å². The molecule has 2 aromatic carbocycles. The number of hydrogen-bond acceptors (Lipinski definition) is 3. The van der Waals surface area contributed by atoms with E-state index in [0.29, 0.717) is 23.6 Å². The number of hydrogen-bond donors (Lipinski definition) is 1. The first-order valence-corrected chi connectivity index (χ1v) is 7.34. The highest BCUT2D eigenvalue weighted by molar-refractivity contribution is 5.98. The number of aryl methyl sites for hydroxylation is 1. The van der Waals surface area contributed by atoms with Gasteiger partial charge in [-0.2, -0.15) is 0 Å². The van der Waals surface area contributed by atoms with Crippen molar-refractivity contribution in [3.63, 3.8) is 0 Å².